The summed E-state index contributed by atoms with van der Waals surface area (Å²) in [5, 5.41) is 9.43. The van der Waals surface area contributed by atoms with Gasteiger partial charge in [0, 0.05) is 10.7 Å². The van der Waals surface area contributed by atoms with Gasteiger partial charge in [0.25, 0.3) is 0 Å². The van der Waals surface area contributed by atoms with Gasteiger partial charge >= 0.3 is 0 Å². The highest BCUT2D eigenvalue weighted by Gasteiger charge is 2.05. The minimum absolute atomic E-state index is 0.391. The van der Waals surface area contributed by atoms with E-state index in [4.69, 9.17) is 22.6 Å². The van der Waals surface area contributed by atoms with Crippen molar-refractivity contribution in [1.29, 1.82) is 5.26 Å². The van der Waals surface area contributed by atoms with Gasteiger partial charge in [-0.2, -0.15) is 5.26 Å². The molecule has 3 nitrogen and oxygen atoms in total. The molecular weight excluding hydrogens is 210 g/mol. The Kier molecular flexibility index (Phi) is 2.36. The van der Waals surface area contributed by atoms with Crippen molar-refractivity contribution in [3.63, 3.8) is 0 Å². The minimum atomic E-state index is 0.391. The maximum atomic E-state index is 8.75. The molecule has 15 heavy (non-hydrogen) atoms. The molecule has 0 aliphatic rings. The van der Waals surface area contributed by atoms with Gasteiger partial charge in [-0.05, 0) is 23.8 Å². The molecule has 0 spiro atoms. The highest BCUT2D eigenvalue weighted by atomic mass is 35.5. The van der Waals surface area contributed by atoms with Gasteiger partial charge < -0.3 is 10.7 Å². The molecular formula is C11H8ClN3. The fourth-order valence-corrected chi connectivity index (χ4v) is 1.47. The molecule has 74 valence electrons. The van der Waals surface area contributed by atoms with E-state index in [0.29, 0.717) is 16.4 Å². The first-order chi connectivity index (χ1) is 7.20. The molecule has 0 radical (unpaired) electrons. The largest absolute Gasteiger partial charge is 0.384 e. The molecule has 0 fully saturated rings. The van der Waals surface area contributed by atoms with E-state index in [9.17, 15) is 0 Å². The average molecular weight is 218 g/mol. The van der Waals surface area contributed by atoms with Crippen molar-refractivity contribution in [2.45, 2.75) is 0 Å². The number of nitrogen functional groups attached to an aromatic ring is 1. The van der Waals surface area contributed by atoms with Crippen LogP contribution >= 0.6 is 11.6 Å². The summed E-state index contributed by atoms with van der Waals surface area (Å²) >= 11 is 5.78. The summed E-state index contributed by atoms with van der Waals surface area (Å²) in [5.41, 5.74) is 7.84. The number of nitrogens with two attached hydrogens (primary N) is 1. The van der Waals surface area contributed by atoms with Crippen LogP contribution in [0.5, 0.6) is 0 Å². The molecule has 0 saturated heterocycles. The second-order valence-corrected chi connectivity index (χ2v) is 3.57. The number of halogens is 1. The number of anilines is 1. The molecule has 1 aromatic carbocycles. The van der Waals surface area contributed by atoms with Crippen molar-refractivity contribution >= 4 is 17.4 Å². The molecule has 0 amide bonds. The minimum Gasteiger partial charge on any atom is -0.384 e. The monoisotopic (exact) mass is 217 g/mol. The number of aromatic amines is 1. The van der Waals surface area contributed by atoms with E-state index in [-0.39, 0.29) is 0 Å². The molecule has 1 heterocycles. The fourth-order valence-electron chi connectivity index (χ4n) is 1.35. The van der Waals surface area contributed by atoms with Gasteiger partial charge in [-0.15, -0.1) is 0 Å². The molecule has 0 aliphatic heterocycles. The lowest BCUT2D eigenvalue weighted by atomic mass is 10.1. The van der Waals surface area contributed by atoms with Gasteiger partial charge in [0.15, 0.2) is 0 Å². The summed E-state index contributed by atoms with van der Waals surface area (Å²) in [5.74, 6) is 0.391. The third-order valence-corrected chi connectivity index (χ3v) is 2.38. The summed E-state index contributed by atoms with van der Waals surface area (Å²) in [6.45, 7) is 0. The van der Waals surface area contributed by atoms with Crippen molar-refractivity contribution < 1.29 is 0 Å². The Bertz CT molecular complexity index is 520. The second-order valence-electron chi connectivity index (χ2n) is 3.13. The Balaban J connectivity index is 2.46. The third-order valence-electron chi connectivity index (χ3n) is 2.12. The number of aromatic nitrogens is 1. The van der Waals surface area contributed by atoms with Crippen molar-refractivity contribution in [1.82, 2.24) is 4.98 Å². The Hall–Kier alpha value is -1.92. The molecule has 0 unspecified atom stereocenters. The van der Waals surface area contributed by atoms with E-state index in [1.807, 2.05) is 18.2 Å². The third kappa shape index (κ3) is 1.80. The number of benzene rings is 1. The Morgan fingerprint density at radius 3 is 2.47 bits per heavy atom. The van der Waals surface area contributed by atoms with E-state index in [0.717, 1.165) is 11.3 Å². The van der Waals surface area contributed by atoms with Crippen LogP contribution in [0.2, 0.25) is 5.02 Å². The summed E-state index contributed by atoms with van der Waals surface area (Å²) in [6, 6.07) is 11.1. The Morgan fingerprint density at radius 2 is 1.93 bits per heavy atom. The van der Waals surface area contributed by atoms with Gasteiger partial charge in [0.05, 0.1) is 5.56 Å². The van der Waals surface area contributed by atoms with Crippen LogP contribution in [-0.4, -0.2) is 4.98 Å². The van der Waals surface area contributed by atoms with Crippen LogP contribution in [0.25, 0.3) is 11.3 Å². The van der Waals surface area contributed by atoms with Crippen LogP contribution in [-0.2, 0) is 0 Å². The first kappa shape index (κ1) is 9.63. The quantitative estimate of drug-likeness (QED) is 0.772. The summed E-state index contributed by atoms with van der Waals surface area (Å²) in [6.07, 6.45) is 0. The van der Waals surface area contributed by atoms with E-state index >= 15 is 0 Å². The van der Waals surface area contributed by atoms with Gasteiger partial charge in [0.2, 0.25) is 0 Å². The summed E-state index contributed by atoms with van der Waals surface area (Å²) in [4.78, 5) is 2.94. The van der Waals surface area contributed by atoms with Gasteiger partial charge in [-0.1, -0.05) is 23.7 Å². The first-order valence-electron chi connectivity index (χ1n) is 4.35. The van der Waals surface area contributed by atoms with E-state index in [1.54, 1.807) is 18.2 Å². The van der Waals surface area contributed by atoms with E-state index in [1.165, 1.54) is 0 Å². The summed E-state index contributed by atoms with van der Waals surface area (Å²) < 4.78 is 0. The predicted molar refractivity (Wildman–Crippen MR) is 60.4 cm³/mol. The first-order valence-corrected chi connectivity index (χ1v) is 4.73. The average Bonchev–Trinajstić information content (AvgIpc) is 2.61. The van der Waals surface area contributed by atoms with Crippen molar-refractivity contribution in [3.05, 3.63) is 40.9 Å². The number of nitriles is 1. The maximum Gasteiger partial charge on any atom is 0.119 e. The molecule has 0 saturated carbocycles. The van der Waals surface area contributed by atoms with Crippen LogP contribution < -0.4 is 5.73 Å². The number of nitrogens with one attached hydrogen (secondary N) is 1. The zero-order chi connectivity index (χ0) is 10.8. The van der Waals surface area contributed by atoms with Crippen LogP contribution in [0.3, 0.4) is 0 Å². The Labute approximate surface area is 92.1 Å². The van der Waals surface area contributed by atoms with Crippen molar-refractivity contribution in [2.75, 3.05) is 5.73 Å². The summed E-state index contributed by atoms with van der Waals surface area (Å²) in [7, 11) is 0. The number of H-pyrrole nitrogens is 1. The predicted octanol–water partition coefficient (Wildman–Crippen LogP) is 2.79. The van der Waals surface area contributed by atoms with Gasteiger partial charge in [-0.3, -0.25) is 0 Å². The van der Waals surface area contributed by atoms with E-state index in [2.05, 4.69) is 4.98 Å². The molecule has 1 aromatic heterocycles. The lowest BCUT2D eigenvalue weighted by Gasteiger charge is -1.97. The topological polar surface area (TPSA) is 65.6 Å². The highest BCUT2D eigenvalue weighted by molar-refractivity contribution is 6.30. The molecule has 3 N–H and O–H groups in total. The SMILES string of the molecule is N#Cc1cc(-c2ccc(Cl)cc2)[nH]c1N. The number of nitrogens with zero attached hydrogens (tertiary/aromatic N) is 1. The molecule has 2 aromatic rings. The maximum absolute atomic E-state index is 8.75. The lowest BCUT2D eigenvalue weighted by Crippen LogP contribution is -1.86. The van der Waals surface area contributed by atoms with Crippen LogP contribution in [0.15, 0.2) is 30.3 Å². The zero-order valence-corrected chi connectivity index (χ0v) is 8.55. The van der Waals surface area contributed by atoms with Crippen LogP contribution in [0, 0.1) is 11.3 Å². The van der Waals surface area contributed by atoms with Crippen molar-refractivity contribution in [2.24, 2.45) is 0 Å². The fraction of sp³-hybridized carbons (Fsp3) is 0. The van der Waals surface area contributed by atoms with Crippen LogP contribution in [0.4, 0.5) is 5.82 Å². The zero-order valence-electron chi connectivity index (χ0n) is 7.79. The van der Waals surface area contributed by atoms with E-state index < -0.39 is 0 Å². The lowest BCUT2D eigenvalue weighted by molar-refractivity contribution is 1.40. The van der Waals surface area contributed by atoms with Crippen molar-refractivity contribution in [3.8, 4) is 17.3 Å². The number of hydrogen-bond acceptors (Lipinski definition) is 2. The molecule has 0 atom stereocenters. The standard InChI is InChI=1S/C11H8ClN3/c12-9-3-1-7(2-4-9)10-5-8(6-13)11(14)15-10/h1-5,15H,14H2. The smallest absolute Gasteiger partial charge is 0.119 e. The van der Waals surface area contributed by atoms with Crippen LogP contribution in [0.1, 0.15) is 5.56 Å². The molecule has 4 heteroatoms. The number of hydrogen-bond donors (Lipinski definition) is 2. The molecule has 0 aliphatic carbocycles. The highest BCUT2D eigenvalue weighted by Crippen LogP contribution is 2.24. The number of rotatable bonds is 1. The molecule has 0 bridgehead atoms. The van der Waals surface area contributed by atoms with Gasteiger partial charge in [0.1, 0.15) is 11.9 Å². The molecule has 2 rings (SSSR count). The normalized spacial score (nSPS) is 9.87. The Morgan fingerprint density at radius 1 is 1.27 bits per heavy atom. The second kappa shape index (κ2) is 3.68. The van der Waals surface area contributed by atoms with Gasteiger partial charge in [-0.25, -0.2) is 0 Å².